The van der Waals surface area contributed by atoms with E-state index in [-0.39, 0.29) is 0 Å². The van der Waals surface area contributed by atoms with Crippen LogP contribution < -0.4 is 10.1 Å². The predicted octanol–water partition coefficient (Wildman–Crippen LogP) is 1.80. The van der Waals surface area contributed by atoms with Gasteiger partial charge in [0.2, 0.25) is 0 Å². The maximum Gasteiger partial charge on any atom is 0.120 e. The van der Waals surface area contributed by atoms with E-state index in [1.165, 1.54) is 12.8 Å². The first kappa shape index (κ1) is 12.6. The third-order valence-electron chi connectivity index (χ3n) is 3.20. The van der Waals surface area contributed by atoms with Crippen LogP contribution in [0.3, 0.4) is 0 Å². The van der Waals surface area contributed by atoms with Crippen molar-refractivity contribution >= 4 is 10.8 Å². The standard InChI is InChI=1S/C13H19NO2S/c1-14-13(10-6-7-10)9-17(15)12-5-3-4-11(8-12)16-2/h3-5,8,10,13-14H,6-7,9H2,1-2H3. The normalized spacial score (nSPS) is 18.7. The summed E-state index contributed by atoms with van der Waals surface area (Å²) in [5.41, 5.74) is 0. The molecule has 2 unspecified atom stereocenters. The van der Waals surface area contributed by atoms with Crippen molar-refractivity contribution < 1.29 is 8.95 Å². The summed E-state index contributed by atoms with van der Waals surface area (Å²) in [7, 11) is 2.63. The van der Waals surface area contributed by atoms with E-state index < -0.39 is 10.8 Å². The molecule has 1 aliphatic carbocycles. The molecule has 0 saturated heterocycles. The Hall–Kier alpha value is -0.870. The average molecular weight is 253 g/mol. The van der Waals surface area contributed by atoms with E-state index in [1.54, 1.807) is 7.11 Å². The highest BCUT2D eigenvalue weighted by Crippen LogP contribution is 2.33. The Balaban J connectivity index is 2.02. The average Bonchev–Trinajstić information content (AvgIpc) is 3.20. The van der Waals surface area contributed by atoms with Gasteiger partial charge in [0.05, 0.1) is 17.9 Å². The number of rotatable bonds is 6. The van der Waals surface area contributed by atoms with Gasteiger partial charge in [0, 0.05) is 16.7 Å². The fourth-order valence-electron chi connectivity index (χ4n) is 1.96. The van der Waals surface area contributed by atoms with Crippen LogP contribution in [0.1, 0.15) is 12.8 Å². The Morgan fingerprint density at radius 1 is 1.53 bits per heavy atom. The maximum atomic E-state index is 12.2. The van der Waals surface area contributed by atoms with Crippen molar-refractivity contribution in [3.05, 3.63) is 24.3 Å². The van der Waals surface area contributed by atoms with Crippen molar-refractivity contribution in [2.45, 2.75) is 23.8 Å². The van der Waals surface area contributed by atoms with Gasteiger partial charge >= 0.3 is 0 Å². The van der Waals surface area contributed by atoms with Gasteiger partial charge in [-0.25, -0.2) is 0 Å². The van der Waals surface area contributed by atoms with Crippen LogP contribution in [0.4, 0.5) is 0 Å². The molecule has 1 aliphatic rings. The van der Waals surface area contributed by atoms with Crippen LogP contribution in [0.5, 0.6) is 5.75 Å². The summed E-state index contributed by atoms with van der Waals surface area (Å²) in [5.74, 6) is 2.17. The Labute approximate surface area is 105 Å². The molecule has 0 spiro atoms. The third-order valence-corrected chi connectivity index (χ3v) is 4.64. The lowest BCUT2D eigenvalue weighted by atomic mass is 10.2. The van der Waals surface area contributed by atoms with Crippen LogP contribution in [0.25, 0.3) is 0 Å². The molecule has 0 heterocycles. The lowest BCUT2D eigenvalue weighted by Crippen LogP contribution is -2.33. The van der Waals surface area contributed by atoms with Crippen molar-refractivity contribution in [2.24, 2.45) is 5.92 Å². The maximum absolute atomic E-state index is 12.2. The summed E-state index contributed by atoms with van der Waals surface area (Å²) in [4.78, 5) is 0.852. The fourth-order valence-corrected chi connectivity index (χ4v) is 3.39. The number of hydrogen-bond donors (Lipinski definition) is 1. The molecule has 0 bridgehead atoms. The molecule has 94 valence electrons. The highest BCUT2D eigenvalue weighted by Gasteiger charge is 2.31. The number of methoxy groups -OCH3 is 1. The molecule has 2 rings (SSSR count). The molecular weight excluding hydrogens is 234 g/mol. The van der Waals surface area contributed by atoms with Gasteiger partial charge in [-0.1, -0.05) is 6.07 Å². The monoisotopic (exact) mass is 253 g/mol. The van der Waals surface area contributed by atoms with Crippen LogP contribution in [-0.4, -0.2) is 30.2 Å². The third kappa shape index (κ3) is 3.30. The highest BCUT2D eigenvalue weighted by molar-refractivity contribution is 7.85. The van der Waals surface area contributed by atoms with Gasteiger partial charge in [-0.3, -0.25) is 4.21 Å². The molecule has 17 heavy (non-hydrogen) atoms. The first-order chi connectivity index (χ1) is 8.24. The van der Waals surface area contributed by atoms with Gasteiger partial charge in [0.1, 0.15) is 5.75 Å². The van der Waals surface area contributed by atoms with Crippen molar-refractivity contribution in [1.29, 1.82) is 0 Å². The van der Waals surface area contributed by atoms with E-state index in [9.17, 15) is 4.21 Å². The largest absolute Gasteiger partial charge is 0.497 e. The number of benzene rings is 1. The van der Waals surface area contributed by atoms with E-state index in [0.29, 0.717) is 11.8 Å². The molecule has 0 aromatic heterocycles. The molecule has 0 amide bonds. The van der Waals surface area contributed by atoms with Crippen molar-refractivity contribution in [3.8, 4) is 5.75 Å². The van der Waals surface area contributed by atoms with E-state index >= 15 is 0 Å². The summed E-state index contributed by atoms with van der Waals surface area (Å²) < 4.78 is 17.4. The molecule has 0 radical (unpaired) electrons. The topological polar surface area (TPSA) is 38.3 Å². The Morgan fingerprint density at radius 2 is 2.29 bits per heavy atom. The van der Waals surface area contributed by atoms with E-state index in [2.05, 4.69) is 5.32 Å². The van der Waals surface area contributed by atoms with Gasteiger partial charge in [-0.05, 0) is 44.0 Å². The summed E-state index contributed by atoms with van der Waals surface area (Å²) >= 11 is 0. The first-order valence-corrected chi connectivity index (χ1v) is 7.26. The van der Waals surface area contributed by atoms with Gasteiger partial charge < -0.3 is 10.1 Å². The second-order valence-corrected chi connectivity index (χ2v) is 5.92. The van der Waals surface area contributed by atoms with Crippen LogP contribution in [0.2, 0.25) is 0 Å². The molecule has 2 atom stereocenters. The van der Waals surface area contributed by atoms with E-state index in [4.69, 9.17) is 4.74 Å². The second-order valence-electron chi connectivity index (χ2n) is 4.42. The Morgan fingerprint density at radius 3 is 2.88 bits per heavy atom. The quantitative estimate of drug-likeness (QED) is 0.840. The lowest BCUT2D eigenvalue weighted by Gasteiger charge is -2.14. The van der Waals surface area contributed by atoms with Crippen LogP contribution in [0.15, 0.2) is 29.2 Å². The summed E-state index contributed by atoms with van der Waals surface area (Å²) in [5, 5.41) is 3.27. The molecule has 3 nitrogen and oxygen atoms in total. The number of hydrogen-bond acceptors (Lipinski definition) is 3. The molecule has 1 aromatic carbocycles. The second kappa shape index (κ2) is 5.65. The van der Waals surface area contributed by atoms with Crippen molar-refractivity contribution in [1.82, 2.24) is 5.32 Å². The summed E-state index contributed by atoms with van der Waals surface area (Å²) in [6.07, 6.45) is 2.53. The minimum Gasteiger partial charge on any atom is -0.497 e. The van der Waals surface area contributed by atoms with Gasteiger partial charge in [-0.2, -0.15) is 0 Å². The van der Waals surface area contributed by atoms with Crippen molar-refractivity contribution in [2.75, 3.05) is 19.9 Å². The molecule has 1 fully saturated rings. The van der Waals surface area contributed by atoms with Gasteiger partial charge in [-0.15, -0.1) is 0 Å². The molecule has 0 aliphatic heterocycles. The number of nitrogens with one attached hydrogen (secondary N) is 1. The highest BCUT2D eigenvalue weighted by atomic mass is 32.2. The van der Waals surface area contributed by atoms with Gasteiger partial charge in [0.15, 0.2) is 0 Å². The smallest absolute Gasteiger partial charge is 0.120 e. The zero-order chi connectivity index (χ0) is 12.3. The predicted molar refractivity (Wildman–Crippen MR) is 69.8 cm³/mol. The zero-order valence-corrected chi connectivity index (χ0v) is 11.1. The fraction of sp³-hybridized carbons (Fsp3) is 0.538. The van der Waals surface area contributed by atoms with Crippen molar-refractivity contribution in [3.63, 3.8) is 0 Å². The molecule has 1 N–H and O–H groups in total. The number of ether oxygens (including phenoxy) is 1. The Bertz CT molecular complexity index is 404. The van der Waals surface area contributed by atoms with Crippen LogP contribution >= 0.6 is 0 Å². The molecular formula is C13H19NO2S. The minimum absolute atomic E-state index is 0.377. The minimum atomic E-state index is -0.948. The van der Waals surface area contributed by atoms with Gasteiger partial charge in [0.25, 0.3) is 0 Å². The van der Waals surface area contributed by atoms with Crippen LogP contribution in [0, 0.1) is 5.92 Å². The molecule has 1 saturated carbocycles. The zero-order valence-electron chi connectivity index (χ0n) is 10.3. The molecule has 1 aromatic rings. The van der Waals surface area contributed by atoms with Crippen LogP contribution in [-0.2, 0) is 10.8 Å². The molecule has 4 heteroatoms. The Kier molecular flexibility index (Phi) is 4.18. The van der Waals surface area contributed by atoms with E-state index in [0.717, 1.165) is 16.6 Å². The summed E-state index contributed by atoms with van der Waals surface area (Å²) in [6, 6.07) is 7.89. The lowest BCUT2D eigenvalue weighted by molar-refractivity contribution is 0.413. The first-order valence-electron chi connectivity index (χ1n) is 5.94. The van der Waals surface area contributed by atoms with E-state index in [1.807, 2.05) is 31.3 Å². The summed E-state index contributed by atoms with van der Waals surface area (Å²) in [6.45, 7) is 0. The SMILES string of the molecule is CNC(CS(=O)c1cccc(OC)c1)C1CC1.